The highest BCUT2D eigenvalue weighted by atomic mass is 16.5. The van der Waals surface area contributed by atoms with Crippen molar-refractivity contribution in [1.29, 1.82) is 0 Å². The number of fused-ring (bicyclic) bond motifs is 1. The second-order valence-electron chi connectivity index (χ2n) is 9.33. The van der Waals surface area contributed by atoms with Crippen LogP contribution >= 0.6 is 0 Å². The van der Waals surface area contributed by atoms with E-state index in [-0.39, 0.29) is 11.8 Å². The molecule has 0 unspecified atom stereocenters. The van der Waals surface area contributed by atoms with E-state index in [4.69, 9.17) is 14.5 Å². The summed E-state index contributed by atoms with van der Waals surface area (Å²) in [5.41, 5.74) is 2.17. The van der Waals surface area contributed by atoms with E-state index in [9.17, 15) is 4.79 Å². The Balaban J connectivity index is 1.27. The van der Waals surface area contributed by atoms with Crippen LogP contribution in [-0.4, -0.2) is 35.2 Å². The van der Waals surface area contributed by atoms with Crippen molar-refractivity contribution in [1.82, 2.24) is 14.9 Å². The highest BCUT2D eigenvalue weighted by Crippen LogP contribution is 2.27. The van der Waals surface area contributed by atoms with Gasteiger partial charge in [0, 0.05) is 18.9 Å². The quantitative estimate of drug-likeness (QED) is 0.310. The van der Waals surface area contributed by atoms with Crippen LogP contribution in [0.2, 0.25) is 0 Å². The van der Waals surface area contributed by atoms with Crippen molar-refractivity contribution in [3.63, 3.8) is 0 Å². The molecule has 1 aliphatic rings. The lowest BCUT2D eigenvalue weighted by molar-refractivity contribution is -0.125. The van der Waals surface area contributed by atoms with Gasteiger partial charge < -0.3 is 19.4 Å². The Hall–Kier alpha value is -3.02. The molecule has 0 aliphatic heterocycles. The van der Waals surface area contributed by atoms with Gasteiger partial charge in [-0.2, -0.15) is 0 Å². The van der Waals surface area contributed by atoms with Gasteiger partial charge in [0.05, 0.1) is 24.2 Å². The number of hydrogen-bond donors (Lipinski definition) is 1. The first-order valence-corrected chi connectivity index (χ1v) is 13.3. The molecule has 0 saturated heterocycles. The minimum Gasteiger partial charge on any atom is -0.490 e. The second-order valence-corrected chi connectivity index (χ2v) is 9.33. The van der Waals surface area contributed by atoms with Crippen LogP contribution in [0.1, 0.15) is 64.1 Å². The van der Waals surface area contributed by atoms with Gasteiger partial charge in [-0.1, -0.05) is 49.9 Å². The fourth-order valence-electron chi connectivity index (χ4n) is 4.96. The number of ether oxygens (including phenoxy) is 2. The van der Waals surface area contributed by atoms with Crippen LogP contribution in [0.3, 0.4) is 0 Å². The molecule has 0 radical (unpaired) electrons. The van der Waals surface area contributed by atoms with Gasteiger partial charge in [-0.25, -0.2) is 4.98 Å². The largest absolute Gasteiger partial charge is 0.490 e. The molecule has 6 heteroatoms. The Morgan fingerprint density at radius 1 is 0.971 bits per heavy atom. The number of carbonyl (C=O) groups is 1. The molecule has 1 amide bonds. The summed E-state index contributed by atoms with van der Waals surface area (Å²) in [7, 11) is 0. The number of rotatable bonds is 13. The van der Waals surface area contributed by atoms with E-state index in [2.05, 4.69) is 28.1 Å². The zero-order valence-electron chi connectivity index (χ0n) is 21.0. The lowest BCUT2D eigenvalue weighted by atomic mass is 9.89. The molecule has 1 N–H and O–H groups in total. The number of aryl methyl sites for hydroxylation is 1. The van der Waals surface area contributed by atoms with Gasteiger partial charge >= 0.3 is 0 Å². The summed E-state index contributed by atoms with van der Waals surface area (Å²) in [6.07, 6.45) is 9.85. The molecule has 1 saturated carbocycles. The van der Waals surface area contributed by atoms with E-state index in [0.29, 0.717) is 13.2 Å². The lowest BCUT2D eigenvalue weighted by Gasteiger charge is -2.20. The molecular formula is C29H39N3O3. The zero-order chi connectivity index (χ0) is 24.3. The lowest BCUT2D eigenvalue weighted by Crippen LogP contribution is -2.32. The molecule has 1 aromatic heterocycles. The number of carbonyl (C=O) groups excluding carboxylic acids is 1. The van der Waals surface area contributed by atoms with Gasteiger partial charge in [-0.15, -0.1) is 0 Å². The zero-order valence-corrected chi connectivity index (χ0v) is 21.0. The van der Waals surface area contributed by atoms with Crippen LogP contribution in [0.5, 0.6) is 11.5 Å². The van der Waals surface area contributed by atoms with Gasteiger partial charge in [0.2, 0.25) is 5.91 Å². The summed E-state index contributed by atoms with van der Waals surface area (Å²) >= 11 is 0. The van der Waals surface area contributed by atoms with Crippen LogP contribution in [0.15, 0.2) is 48.5 Å². The molecule has 3 aromatic rings. The average molecular weight is 478 g/mol. The van der Waals surface area contributed by atoms with E-state index in [1.807, 2.05) is 37.3 Å². The number of nitrogens with zero attached hydrogens (tertiary/aromatic N) is 2. The Morgan fingerprint density at radius 2 is 1.71 bits per heavy atom. The predicted molar refractivity (Wildman–Crippen MR) is 140 cm³/mol. The average Bonchev–Trinajstić information content (AvgIpc) is 3.25. The minimum absolute atomic E-state index is 0.242. The summed E-state index contributed by atoms with van der Waals surface area (Å²) in [5, 5.41) is 3.15. The van der Waals surface area contributed by atoms with Gasteiger partial charge in [0.1, 0.15) is 12.4 Å². The fourth-order valence-corrected chi connectivity index (χ4v) is 4.96. The molecule has 1 aliphatic carbocycles. The molecule has 2 aromatic carbocycles. The van der Waals surface area contributed by atoms with Crippen LogP contribution in [-0.2, 0) is 17.8 Å². The van der Waals surface area contributed by atoms with E-state index >= 15 is 0 Å². The second kappa shape index (κ2) is 13.2. The Morgan fingerprint density at radius 3 is 2.51 bits per heavy atom. The van der Waals surface area contributed by atoms with E-state index in [1.165, 1.54) is 19.3 Å². The smallest absolute Gasteiger partial charge is 0.223 e. The number of para-hydroxylation sites is 4. The highest BCUT2D eigenvalue weighted by Gasteiger charge is 2.20. The first-order valence-electron chi connectivity index (χ1n) is 13.3. The van der Waals surface area contributed by atoms with Gasteiger partial charge in [0.15, 0.2) is 11.5 Å². The molecular weight excluding hydrogens is 438 g/mol. The maximum atomic E-state index is 12.3. The first kappa shape index (κ1) is 25.1. The SMILES string of the molecule is CCOc1ccccc1OCCn1c(CCCCCNC(=O)C2CCCCC2)nc2ccccc21. The molecule has 0 bridgehead atoms. The molecule has 0 spiro atoms. The fraction of sp³-hybridized carbons (Fsp3) is 0.517. The summed E-state index contributed by atoms with van der Waals surface area (Å²) in [4.78, 5) is 17.2. The number of aromatic nitrogens is 2. The number of hydrogen-bond acceptors (Lipinski definition) is 4. The van der Waals surface area contributed by atoms with E-state index in [1.54, 1.807) is 0 Å². The van der Waals surface area contributed by atoms with Gasteiger partial charge in [0.25, 0.3) is 0 Å². The van der Waals surface area contributed by atoms with Crippen molar-refractivity contribution < 1.29 is 14.3 Å². The van der Waals surface area contributed by atoms with E-state index in [0.717, 1.165) is 80.0 Å². The number of amides is 1. The highest BCUT2D eigenvalue weighted by molar-refractivity contribution is 5.78. The third-order valence-electron chi connectivity index (χ3n) is 6.81. The molecule has 188 valence electrons. The molecule has 0 atom stereocenters. The summed E-state index contributed by atoms with van der Waals surface area (Å²) in [6.45, 7) is 4.64. The molecule has 6 nitrogen and oxygen atoms in total. The summed E-state index contributed by atoms with van der Waals surface area (Å²) in [5.74, 6) is 3.15. The number of nitrogens with one attached hydrogen (secondary N) is 1. The van der Waals surface area contributed by atoms with Gasteiger partial charge in [-0.3, -0.25) is 4.79 Å². The monoisotopic (exact) mass is 477 g/mol. The summed E-state index contributed by atoms with van der Waals surface area (Å²) in [6, 6.07) is 16.1. The van der Waals surface area contributed by atoms with Gasteiger partial charge in [-0.05, 0) is 56.9 Å². The maximum Gasteiger partial charge on any atom is 0.223 e. The van der Waals surface area contributed by atoms with Crippen LogP contribution < -0.4 is 14.8 Å². The summed E-state index contributed by atoms with van der Waals surface area (Å²) < 4.78 is 14.0. The number of imidazole rings is 1. The van der Waals surface area contributed by atoms with E-state index < -0.39 is 0 Å². The third kappa shape index (κ3) is 7.00. The standard InChI is InChI=1S/C29H39N3O3/c1-2-34-26-17-10-11-18-27(26)35-22-21-32-25-16-9-8-15-24(25)31-28(32)19-7-4-12-20-30-29(33)23-13-5-3-6-14-23/h8-11,15-18,23H,2-7,12-14,19-22H2,1H3,(H,30,33). The Kier molecular flexibility index (Phi) is 9.44. The molecule has 4 rings (SSSR count). The Labute approximate surface area is 209 Å². The van der Waals surface area contributed by atoms with Crippen LogP contribution in [0.25, 0.3) is 11.0 Å². The van der Waals surface area contributed by atoms with Crippen LogP contribution in [0.4, 0.5) is 0 Å². The predicted octanol–water partition coefficient (Wildman–Crippen LogP) is 5.92. The topological polar surface area (TPSA) is 65.4 Å². The van der Waals surface area contributed by atoms with Crippen molar-refractivity contribution >= 4 is 16.9 Å². The van der Waals surface area contributed by atoms with Crippen molar-refractivity contribution in [2.75, 3.05) is 19.8 Å². The number of unbranched alkanes of at least 4 members (excludes halogenated alkanes) is 2. The van der Waals surface area contributed by atoms with Crippen LogP contribution in [0, 0.1) is 5.92 Å². The Bertz CT molecular complexity index is 1070. The first-order chi connectivity index (χ1) is 17.3. The molecule has 35 heavy (non-hydrogen) atoms. The molecule has 1 fully saturated rings. The van der Waals surface area contributed by atoms with Crippen molar-refractivity contribution in [2.24, 2.45) is 5.92 Å². The van der Waals surface area contributed by atoms with Crippen molar-refractivity contribution in [3.05, 3.63) is 54.4 Å². The van der Waals surface area contributed by atoms with Crippen molar-refractivity contribution in [3.8, 4) is 11.5 Å². The van der Waals surface area contributed by atoms with Crippen molar-refractivity contribution in [2.45, 2.75) is 71.3 Å². The number of benzene rings is 2. The third-order valence-corrected chi connectivity index (χ3v) is 6.81. The normalized spacial score (nSPS) is 14.2. The maximum absolute atomic E-state index is 12.3. The molecule has 1 heterocycles. The minimum atomic E-state index is 0.242.